The lowest BCUT2D eigenvalue weighted by atomic mass is 10.1. The molecule has 0 saturated heterocycles. The summed E-state index contributed by atoms with van der Waals surface area (Å²) in [5.41, 5.74) is 3.56. The van der Waals surface area contributed by atoms with E-state index in [1.165, 1.54) is 0 Å². The minimum atomic E-state index is -0.561. The highest BCUT2D eigenvalue weighted by atomic mass is 79.9. The molecule has 1 heterocycles. The minimum absolute atomic E-state index is 0.0213. The second kappa shape index (κ2) is 4.13. The van der Waals surface area contributed by atoms with E-state index in [0.29, 0.717) is 11.6 Å². The van der Waals surface area contributed by atoms with E-state index >= 15 is 0 Å². The Hall–Kier alpha value is -1.27. The molecule has 3 N–H and O–H groups in total. The molecule has 0 radical (unpaired) electrons. The van der Waals surface area contributed by atoms with Gasteiger partial charge < -0.3 is 5.43 Å². The van der Waals surface area contributed by atoms with Crippen molar-refractivity contribution in [3.05, 3.63) is 33.9 Å². The Morgan fingerprint density at radius 3 is 2.67 bits per heavy atom. The van der Waals surface area contributed by atoms with Crippen LogP contribution < -0.4 is 11.3 Å². The summed E-state index contributed by atoms with van der Waals surface area (Å²) in [4.78, 5) is 4.22. The van der Waals surface area contributed by atoms with Gasteiger partial charge in [-0.15, -0.1) is 0 Å². The van der Waals surface area contributed by atoms with Crippen molar-refractivity contribution >= 4 is 32.5 Å². The third-order valence-corrected chi connectivity index (χ3v) is 3.68. The maximum atomic E-state index is 14.0. The predicted octanol–water partition coefficient (Wildman–Crippen LogP) is 3.44. The van der Waals surface area contributed by atoms with Gasteiger partial charge in [-0.1, -0.05) is 0 Å². The Labute approximate surface area is 110 Å². The SMILES string of the molecule is NNc1cc(C2CC2)nc2c(F)cc(Br)c(F)c12. The number of hydrazine groups is 1. The zero-order chi connectivity index (χ0) is 12.9. The summed E-state index contributed by atoms with van der Waals surface area (Å²) in [7, 11) is 0. The fraction of sp³-hybridized carbons (Fsp3) is 0.250. The number of benzene rings is 1. The van der Waals surface area contributed by atoms with E-state index in [-0.39, 0.29) is 15.4 Å². The van der Waals surface area contributed by atoms with Crippen LogP contribution in [-0.2, 0) is 0 Å². The monoisotopic (exact) mass is 313 g/mol. The molecule has 2 aromatic rings. The van der Waals surface area contributed by atoms with Gasteiger partial charge in [-0.2, -0.15) is 0 Å². The topological polar surface area (TPSA) is 50.9 Å². The van der Waals surface area contributed by atoms with Crippen LogP contribution >= 0.6 is 15.9 Å². The molecule has 3 rings (SSSR count). The number of hydrogen-bond acceptors (Lipinski definition) is 3. The van der Waals surface area contributed by atoms with Gasteiger partial charge in [0.25, 0.3) is 0 Å². The molecule has 1 aliphatic carbocycles. The van der Waals surface area contributed by atoms with E-state index < -0.39 is 11.6 Å². The van der Waals surface area contributed by atoms with E-state index in [0.717, 1.165) is 24.6 Å². The highest BCUT2D eigenvalue weighted by Gasteiger charge is 2.27. The molecule has 0 atom stereocenters. The number of fused-ring (bicyclic) bond motifs is 1. The number of aromatic nitrogens is 1. The molecule has 0 amide bonds. The number of rotatable bonds is 2. The quantitative estimate of drug-likeness (QED) is 0.507. The first-order chi connectivity index (χ1) is 8.61. The lowest BCUT2D eigenvalue weighted by Gasteiger charge is -2.11. The Morgan fingerprint density at radius 1 is 1.33 bits per heavy atom. The lowest BCUT2D eigenvalue weighted by molar-refractivity contribution is 0.609. The number of nitrogens with zero attached hydrogens (tertiary/aromatic N) is 1. The maximum absolute atomic E-state index is 14.0. The Bertz CT molecular complexity index is 641. The second-order valence-corrected chi connectivity index (χ2v) is 5.25. The molecule has 1 fully saturated rings. The van der Waals surface area contributed by atoms with Gasteiger partial charge in [-0.3, -0.25) is 5.84 Å². The molecule has 6 heteroatoms. The van der Waals surface area contributed by atoms with Gasteiger partial charge in [-0.25, -0.2) is 13.8 Å². The number of anilines is 1. The molecule has 1 aliphatic rings. The highest BCUT2D eigenvalue weighted by Crippen LogP contribution is 2.42. The van der Waals surface area contributed by atoms with Crippen LogP contribution in [0.4, 0.5) is 14.5 Å². The summed E-state index contributed by atoms with van der Waals surface area (Å²) in [5.74, 6) is 4.61. The molecular weight excluding hydrogens is 304 g/mol. The first-order valence-electron chi connectivity index (χ1n) is 5.56. The summed E-state index contributed by atoms with van der Waals surface area (Å²) in [6.45, 7) is 0. The Kier molecular flexibility index (Phi) is 2.71. The van der Waals surface area contributed by atoms with Crippen molar-refractivity contribution in [2.75, 3.05) is 5.43 Å². The van der Waals surface area contributed by atoms with Crippen LogP contribution in [0.25, 0.3) is 10.9 Å². The number of hydrogen-bond donors (Lipinski definition) is 2. The van der Waals surface area contributed by atoms with Gasteiger partial charge in [0.15, 0.2) is 5.82 Å². The van der Waals surface area contributed by atoms with Gasteiger partial charge >= 0.3 is 0 Å². The zero-order valence-corrected chi connectivity index (χ0v) is 10.9. The van der Waals surface area contributed by atoms with E-state index in [1.807, 2.05) is 0 Å². The minimum Gasteiger partial charge on any atom is -0.323 e. The summed E-state index contributed by atoms with van der Waals surface area (Å²) in [6.07, 6.45) is 2.06. The smallest absolute Gasteiger partial charge is 0.150 e. The van der Waals surface area contributed by atoms with Crippen molar-refractivity contribution in [1.29, 1.82) is 0 Å². The van der Waals surface area contributed by atoms with Crippen LogP contribution in [0, 0.1) is 11.6 Å². The molecule has 18 heavy (non-hydrogen) atoms. The molecule has 1 aromatic carbocycles. The molecule has 0 bridgehead atoms. The Morgan fingerprint density at radius 2 is 2.06 bits per heavy atom. The molecule has 1 aromatic heterocycles. The van der Waals surface area contributed by atoms with Gasteiger partial charge in [-0.05, 0) is 40.9 Å². The van der Waals surface area contributed by atoms with Crippen molar-refractivity contribution in [1.82, 2.24) is 4.98 Å². The largest absolute Gasteiger partial charge is 0.323 e. The molecule has 0 unspecified atom stereocenters. The first kappa shape index (κ1) is 11.8. The van der Waals surface area contributed by atoms with Crippen LogP contribution in [0.2, 0.25) is 0 Å². The lowest BCUT2D eigenvalue weighted by Crippen LogP contribution is -2.09. The number of pyridine rings is 1. The molecule has 1 saturated carbocycles. The van der Waals surface area contributed by atoms with Crippen LogP contribution in [0.15, 0.2) is 16.6 Å². The molecular formula is C12H10BrF2N3. The number of nitrogen functional groups attached to an aromatic ring is 1. The van der Waals surface area contributed by atoms with E-state index in [4.69, 9.17) is 5.84 Å². The molecule has 0 aliphatic heterocycles. The molecule has 94 valence electrons. The third-order valence-electron chi connectivity index (χ3n) is 3.10. The van der Waals surface area contributed by atoms with Gasteiger partial charge in [0.05, 0.1) is 15.5 Å². The highest BCUT2D eigenvalue weighted by molar-refractivity contribution is 9.10. The zero-order valence-electron chi connectivity index (χ0n) is 9.30. The van der Waals surface area contributed by atoms with E-state index in [1.54, 1.807) is 6.07 Å². The maximum Gasteiger partial charge on any atom is 0.150 e. The average molecular weight is 314 g/mol. The summed E-state index contributed by atoms with van der Waals surface area (Å²) in [6, 6.07) is 2.77. The van der Waals surface area contributed by atoms with Crippen molar-refractivity contribution < 1.29 is 8.78 Å². The number of halogens is 3. The first-order valence-corrected chi connectivity index (χ1v) is 6.36. The van der Waals surface area contributed by atoms with Crippen molar-refractivity contribution in [3.63, 3.8) is 0 Å². The number of nitrogens with two attached hydrogens (primary N) is 1. The van der Waals surface area contributed by atoms with Crippen molar-refractivity contribution in [2.45, 2.75) is 18.8 Å². The second-order valence-electron chi connectivity index (χ2n) is 4.39. The normalized spacial score (nSPS) is 15.1. The van der Waals surface area contributed by atoms with Crippen LogP contribution in [0.3, 0.4) is 0 Å². The Balaban J connectivity index is 2.38. The van der Waals surface area contributed by atoms with Crippen molar-refractivity contribution in [3.8, 4) is 0 Å². The van der Waals surface area contributed by atoms with E-state index in [2.05, 4.69) is 26.3 Å². The fourth-order valence-electron chi connectivity index (χ4n) is 2.02. The predicted molar refractivity (Wildman–Crippen MR) is 69.1 cm³/mol. The van der Waals surface area contributed by atoms with Gasteiger partial charge in [0.1, 0.15) is 11.3 Å². The van der Waals surface area contributed by atoms with Crippen LogP contribution in [0.5, 0.6) is 0 Å². The van der Waals surface area contributed by atoms with E-state index in [9.17, 15) is 8.78 Å². The van der Waals surface area contributed by atoms with Crippen molar-refractivity contribution in [2.24, 2.45) is 5.84 Å². The van der Waals surface area contributed by atoms with Crippen LogP contribution in [0.1, 0.15) is 24.5 Å². The van der Waals surface area contributed by atoms with Gasteiger partial charge in [0.2, 0.25) is 0 Å². The van der Waals surface area contributed by atoms with Gasteiger partial charge in [0, 0.05) is 11.6 Å². The fourth-order valence-corrected chi connectivity index (χ4v) is 2.42. The summed E-state index contributed by atoms with van der Waals surface area (Å²) >= 11 is 2.98. The molecule has 3 nitrogen and oxygen atoms in total. The molecule has 0 spiro atoms. The summed E-state index contributed by atoms with van der Waals surface area (Å²) in [5, 5.41) is 0.0776. The standard InChI is InChI=1S/C12H10BrF2N3/c13-6-3-7(14)12-10(11(6)15)9(18-16)4-8(17-12)5-1-2-5/h3-5H,1-2,16H2,(H,17,18). The summed E-state index contributed by atoms with van der Waals surface area (Å²) < 4.78 is 28.0. The average Bonchev–Trinajstić information content (AvgIpc) is 3.18. The third kappa shape index (κ3) is 1.76. The number of nitrogens with one attached hydrogen (secondary N) is 1. The van der Waals surface area contributed by atoms with Crippen LogP contribution in [-0.4, -0.2) is 4.98 Å².